The van der Waals surface area contributed by atoms with E-state index in [0.29, 0.717) is 6.10 Å². The van der Waals surface area contributed by atoms with Gasteiger partial charge in [0.1, 0.15) is 0 Å². The van der Waals surface area contributed by atoms with Gasteiger partial charge in [0.2, 0.25) is 0 Å². The fraction of sp³-hybridized carbons (Fsp3) is 0.455. The van der Waals surface area contributed by atoms with Crippen LogP contribution in [-0.2, 0) is 4.74 Å². The molecule has 1 atom stereocenters. The van der Waals surface area contributed by atoms with Gasteiger partial charge in [-0.1, -0.05) is 0 Å². The SMILES string of the molecule is COC1CCN(c2ccc(N)cc2Br)C1. The van der Waals surface area contributed by atoms with Crippen molar-refractivity contribution >= 4 is 27.3 Å². The highest BCUT2D eigenvalue weighted by Gasteiger charge is 2.23. The van der Waals surface area contributed by atoms with Crippen LogP contribution in [0.25, 0.3) is 0 Å². The summed E-state index contributed by atoms with van der Waals surface area (Å²) >= 11 is 3.54. The highest BCUT2D eigenvalue weighted by molar-refractivity contribution is 9.10. The summed E-state index contributed by atoms with van der Waals surface area (Å²) < 4.78 is 6.40. The zero-order valence-corrected chi connectivity index (χ0v) is 10.3. The van der Waals surface area contributed by atoms with Crippen LogP contribution in [0.5, 0.6) is 0 Å². The van der Waals surface area contributed by atoms with Gasteiger partial charge in [-0.05, 0) is 40.5 Å². The highest BCUT2D eigenvalue weighted by Crippen LogP contribution is 2.31. The van der Waals surface area contributed by atoms with Crippen molar-refractivity contribution in [2.75, 3.05) is 30.8 Å². The van der Waals surface area contributed by atoms with E-state index in [4.69, 9.17) is 10.5 Å². The number of nitrogen functional groups attached to an aromatic ring is 1. The van der Waals surface area contributed by atoms with Crippen molar-refractivity contribution in [2.45, 2.75) is 12.5 Å². The first-order chi connectivity index (χ1) is 7.20. The van der Waals surface area contributed by atoms with Gasteiger partial charge in [-0.15, -0.1) is 0 Å². The Morgan fingerprint density at radius 3 is 2.93 bits per heavy atom. The Morgan fingerprint density at radius 2 is 2.33 bits per heavy atom. The van der Waals surface area contributed by atoms with E-state index in [1.165, 1.54) is 5.69 Å². The number of nitrogens with two attached hydrogens (primary N) is 1. The first-order valence-electron chi connectivity index (χ1n) is 5.03. The van der Waals surface area contributed by atoms with Crippen LogP contribution >= 0.6 is 15.9 Å². The largest absolute Gasteiger partial charge is 0.399 e. The summed E-state index contributed by atoms with van der Waals surface area (Å²) in [6.07, 6.45) is 1.45. The number of rotatable bonds is 2. The van der Waals surface area contributed by atoms with Gasteiger partial charge >= 0.3 is 0 Å². The third kappa shape index (κ3) is 2.26. The van der Waals surface area contributed by atoms with Gasteiger partial charge in [0.25, 0.3) is 0 Å². The first kappa shape index (κ1) is 10.8. The summed E-state index contributed by atoms with van der Waals surface area (Å²) in [5.74, 6) is 0. The molecule has 1 fully saturated rings. The van der Waals surface area contributed by atoms with Crippen LogP contribution in [0.1, 0.15) is 6.42 Å². The van der Waals surface area contributed by atoms with Crippen LogP contribution in [0.4, 0.5) is 11.4 Å². The lowest BCUT2D eigenvalue weighted by atomic mass is 10.2. The number of ether oxygens (including phenoxy) is 1. The van der Waals surface area contributed by atoms with E-state index in [9.17, 15) is 0 Å². The number of benzene rings is 1. The third-order valence-corrected chi connectivity index (χ3v) is 3.43. The molecule has 0 bridgehead atoms. The maximum atomic E-state index is 5.71. The fourth-order valence-electron chi connectivity index (χ4n) is 1.92. The lowest BCUT2D eigenvalue weighted by Gasteiger charge is -2.20. The Hall–Kier alpha value is -0.740. The zero-order chi connectivity index (χ0) is 10.8. The van der Waals surface area contributed by atoms with Crippen molar-refractivity contribution in [2.24, 2.45) is 0 Å². The normalized spacial score (nSPS) is 20.9. The van der Waals surface area contributed by atoms with Gasteiger partial charge in [0.15, 0.2) is 0 Å². The number of hydrogen-bond acceptors (Lipinski definition) is 3. The van der Waals surface area contributed by atoms with Gasteiger partial charge in [0, 0.05) is 30.4 Å². The maximum Gasteiger partial charge on any atom is 0.0762 e. The predicted molar refractivity (Wildman–Crippen MR) is 66.2 cm³/mol. The number of halogens is 1. The number of nitrogens with zero attached hydrogens (tertiary/aromatic N) is 1. The van der Waals surface area contributed by atoms with Gasteiger partial charge in [-0.25, -0.2) is 0 Å². The van der Waals surface area contributed by atoms with E-state index >= 15 is 0 Å². The summed E-state index contributed by atoms with van der Waals surface area (Å²) in [7, 11) is 1.77. The summed E-state index contributed by atoms with van der Waals surface area (Å²) in [4.78, 5) is 2.32. The van der Waals surface area contributed by atoms with Gasteiger partial charge < -0.3 is 15.4 Å². The maximum absolute atomic E-state index is 5.71. The standard InChI is InChI=1S/C11H15BrN2O/c1-15-9-4-5-14(7-9)11-3-2-8(13)6-10(11)12/h2-3,6,9H,4-5,7,13H2,1H3. The number of methoxy groups -OCH3 is 1. The molecule has 1 aliphatic rings. The number of anilines is 2. The molecule has 0 saturated carbocycles. The lowest BCUT2D eigenvalue weighted by Crippen LogP contribution is -2.22. The summed E-state index contributed by atoms with van der Waals surface area (Å²) in [6, 6.07) is 5.92. The quantitative estimate of drug-likeness (QED) is 0.838. The van der Waals surface area contributed by atoms with Crippen molar-refractivity contribution in [3.63, 3.8) is 0 Å². The molecule has 1 aromatic carbocycles. The van der Waals surface area contributed by atoms with Crippen LogP contribution in [0, 0.1) is 0 Å². The van der Waals surface area contributed by atoms with E-state index in [1.54, 1.807) is 7.11 Å². The molecule has 1 aromatic rings. The molecule has 3 nitrogen and oxygen atoms in total. The molecule has 1 unspecified atom stereocenters. The Morgan fingerprint density at radius 1 is 1.53 bits per heavy atom. The second-order valence-corrected chi connectivity index (χ2v) is 4.66. The third-order valence-electron chi connectivity index (χ3n) is 2.79. The minimum atomic E-state index is 0.356. The van der Waals surface area contributed by atoms with Crippen molar-refractivity contribution in [3.05, 3.63) is 22.7 Å². The Labute approximate surface area is 98.3 Å². The molecule has 0 aromatic heterocycles. The molecule has 1 aliphatic heterocycles. The lowest BCUT2D eigenvalue weighted by molar-refractivity contribution is 0.121. The fourth-order valence-corrected chi connectivity index (χ4v) is 2.57. The monoisotopic (exact) mass is 270 g/mol. The number of hydrogen-bond donors (Lipinski definition) is 1. The summed E-state index contributed by atoms with van der Waals surface area (Å²) in [5, 5.41) is 0. The van der Waals surface area contributed by atoms with E-state index in [1.807, 2.05) is 12.1 Å². The Balaban J connectivity index is 2.17. The van der Waals surface area contributed by atoms with Crippen molar-refractivity contribution in [3.8, 4) is 0 Å². The summed E-state index contributed by atoms with van der Waals surface area (Å²) in [5.41, 5.74) is 7.69. The predicted octanol–water partition coefficient (Wildman–Crippen LogP) is 2.26. The molecule has 2 rings (SSSR count). The Kier molecular flexibility index (Phi) is 3.17. The smallest absolute Gasteiger partial charge is 0.0762 e. The zero-order valence-electron chi connectivity index (χ0n) is 8.74. The molecule has 1 heterocycles. The summed E-state index contributed by atoms with van der Waals surface area (Å²) in [6.45, 7) is 2.00. The van der Waals surface area contributed by atoms with Crippen molar-refractivity contribution in [1.29, 1.82) is 0 Å². The van der Waals surface area contributed by atoms with Gasteiger partial charge in [-0.2, -0.15) is 0 Å². The van der Waals surface area contributed by atoms with Gasteiger partial charge in [-0.3, -0.25) is 0 Å². The minimum Gasteiger partial charge on any atom is -0.399 e. The molecular weight excluding hydrogens is 256 g/mol. The highest BCUT2D eigenvalue weighted by atomic mass is 79.9. The van der Waals surface area contributed by atoms with Crippen LogP contribution in [0.2, 0.25) is 0 Å². The molecule has 2 N–H and O–H groups in total. The van der Waals surface area contributed by atoms with Gasteiger partial charge in [0.05, 0.1) is 11.8 Å². The van der Waals surface area contributed by atoms with Crippen LogP contribution in [0.3, 0.4) is 0 Å². The molecule has 82 valence electrons. The van der Waals surface area contributed by atoms with Crippen molar-refractivity contribution < 1.29 is 4.74 Å². The molecule has 4 heteroatoms. The van der Waals surface area contributed by atoms with E-state index < -0.39 is 0 Å². The molecule has 15 heavy (non-hydrogen) atoms. The molecule has 0 aliphatic carbocycles. The van der Waals surface area contributed by atoms with E-state index in [0.717, 1.165) is 29.7 Å². The average molecular weight is 271 g/mol. The molecule has 1 saturated heterocycles. The van der Waals surface area contributed by atoms with E-state index in [2.05, 4.69) is 26.9 Å². The van der Waals surface area contributed by atoms with Crippen LogP contribution in [-0.4, -0.2) is 26.3 Å². The first-order valence-corrected chi connectivity index (χ1v) is 5.83. The van der Waals surface area contributed by atoms with Crippen LogP contribution in [0.15, 0.2) is 22.7 Å². The molecule has 0 radical (unpaired) electrons. The second kappa shape index (κ2) is 4.41. The molecular formula is C11H15BrN2O. The van der Waals surface area contributed by atoms with Crippen LogP contribution < -0.4 is 10.6 Å². The van der Waals surface area contributed by atoms with E-state index in [-0.39, 0.29) is 0 Å². The molecule has 0 amide bonds. The second-order valence-electron chi connectivity index (χ2n) is 3.80. The topological polar surface area (TPSA) is 38.5 Å². The minimum absolute atomic E-state index is 0.356. The molecule has 0 spiro atoms. The van der Waals surface area contributed by atoms with Crippen molar-refractivity contribution in [1.82, 2.24) is 0 Å². The Bertz CT molecular complexity index is 356. The average Bonchev–Trinajstić information content (AvgIpc) is 2.66.